The quantitative estimate of drug-likeness (QED) is 0.675. The minimum Gasteiger partial charge on any atom is -0.394 e. The van der Waals surface area contributed by atoms with E-state index in [1.165, 1.54) is 0 Å². The van der Waals surface area contributed by atoms with Gasteiger partial charge in [-0.15, -0.1) is 0 Å². The van der Waals surface area contributed by atoms with Crippen molar-refractivity contribution < 1.29 is 9.90 Å². The van der Waals surface area contributed by atoms with Gasteiger partial charge < -0.3 is 15.7 Å². The smallest absolute Gasteiger partial charge is 0.227 e. The number of rotatable bonds is 5. The standard InChI is InChI=1S/C13H26N2O2/c1-4-12(3,10-16)15-11(17)13(5-2)7-6-8-14-9-13/h14,16H,4-10H2,1-3H3,(H,15,17). The molecule has 0 spiro atoms. The third-order valence-corrected chi connectivity index (χ3v) is 4.18. The van der Waals surface area contributed by atoms with Crippen LogP contribution in [0.4, 0.5) is 0 Å². The maximum absolute atomic E-state index is 12.4. The van der Waals surface area contributed by atoms with Gasteiger partial charge in [-0.05, 0) is 39.2 Å². The molecule has 1 heterocycles. The second-order valence-corrected chi connectivity index (χ2v) is 5.44. The predicted octanol–water partition coefficient (Wildman–Crippen LogP) is 1.04. The number of nitrogens with one attached hydrogen (secondary N) is 2. The highest BCUT2D eigenvalue weighted by Gasteiger charge is 2.40. The summed E-state index contributed by atoms with van der Waals surface area (Å²) in [4.78, 5) is 12.4. The number of aliphatic hydroxyl groups excluding tert-OH is 1. The molecular weight excluding hydrogens is 216 g/mol. The number of hydrogen-bond donors (Lipinski definition) is 3. The van der Waals surface area contributed by atoms with Crippen molar-refractivity contribution in [2.45, 2.75) is 52.0 Å². The van der Waals surface area contributed by atoms with Gasteiger partial charge in [0.25, 0.3) is 0 Å². The van der Waals surface area contributed by atoms with Crippen molar-refractivity contribution in [3.63, 3.8) is 0 Å². The molecule has 1 amide bonds. The van der Waals surface area contributed by atoms with Crippen LogP contribution in [0.15, 0.2) is 0 Å². The summed E-state index contributed by atoms with van der Waals surface area (Å²) >= 11 is 0. The zero-order valence-corrected chi connectivity index (χ0v) is 11.3. The van der Waals surface area contributed by atoms with Crippen LogP contribution < -0.4 is 10.6 Å². The number of piperidine rings is 1. The van der Waals surface area contributed by atoms with Crippen LogP contribution in [-0.4, -0.2) is 36.2 Å². The van der Waals surface area contributed by atoms with Crippen molar-refractivity contribution >= 4 is 5.91 Å². The maximum atomic E-state index is 12.4. The highest BCUT2D eigenvalue weighted by molar-refractivity contribution is 5.83. The first-order valence-corrected chi connectivity index (χ1v) is 6.66. The van der Waals surface area contributed by atoms with Gasteiger partial charge in [0.2, 0.25) is 5.91 Å². The van der Waals surface area contributed by atoms with Crippen LogP contribution >= 0.6 is 0 Å². The van der Waals surface area contributed by atoms with Gasteiger partial charge in [0.05, 0.1) is 17.6 Å². The van der Waals surface area contributed by atoms with Crippen LogP contribution in [0.25, 0.3) is 0 Å². The minimum atomic E-state index is -0.489. The molecule has 4 nitrogen and oxygen atoms in total. The lowest BCUT2D eigenvalue weighted by atomic mass is 9.77. The lowest BCUT2D eigenvalue weighted by Gasteiger charge is -2.39. The average Bonchev–Trinajstić information content (AvgIpc) is 2.39. The van der Waals surface area contributed by atoms with E-state index in [0.29, 0.717) is 0 Å². The molecule has 0 aliphatic carbocycles. The van der Waals surface area contributed by atoms with E-state index in [4.69, 9.17) is 0 Å². The van der Waals surface area contributed by atoms with E-state index >= 15 is 0 Å². The van der Waals surface area contributed by atoms with E-state index in [1.807, 2.05) is 13.8 Å². The lowest BCUT2D eigenvalue weighted by Crippen LogP contribution is -2.57. The van der Waals surface area contributed by atoms with Gasteiger partial charge in [-0.2, -0.15) is 0 Å². The zero-order chi connectivity index (χ0) is 12.9. The first kappa shape index (κ1) is 14.5. The van der Waals surface area contributed by atoms with Crippen LogP contribution in [0.5, 0.6) is 0 Å². The first-order valence-electron chi connectivity index (χ1n) is 6.66. The summed E-state index contributed by atoms with van der Waals surface area (Å²) in [5.41, 5.74) is -0.777. The van der Waals surface area contributed by atoms with Gasteiger partial charge in [0, 0.05) is 6.54 Å². The molecule has 1 aliphatic rings. The van der Waals surface area contributed by atoms with Gasteiger partial charge in [0.15, 0.2) is 0 Å². The Morgan fingerprint density at radius 3 is 2.65 bits per heavy atom. The Bertz CT molecular complexity index is 256. The molecule has 3 N–H and O–H groups in total. The third kappa shape index (κ3) is 3.19. The fourth-order valence-electron chi connectivity index (χ4n) is 2.27. The summed E-state index contributed by atoms with van der Waals surface area (Å²) in [5, 5.41) is 15.7. The molecular formula is C13H26N2O2. The van der Waals surface area contributed by atoms with Crippen LogP contribution in [0, 0.1) is 5.41 Å². The zero-order valence-electron chi connectivity index (χ0n) is 11.3. The Morgan fingerprint density at radius 2 is 2.24 bits per heavy atom. The summed E-state index contributed by atoms with van der Waals surface area (Å²) in [6.45, 7) is 7.68. The molecule has 0 radical (unpaired) electrons. The van der Waals surface area contributed by atoms with E-state index in [1.54, 1.807) is 0 Å². The van der Waals surface area contributed by atoms with Crippen LogP contribution in [0.1, 0.15) is 46.5 Å². The van der Waals surface area contributed by atoms with Gasteiger partial charge >= 0.3 is 0 Å². The van der Waals surface area contributed by atoms with Gasteiger partial charge in [0.1, 0.15) is 0 Å². The molecule has 0 aromatic heterocycles. The van der Waals surface area contributed by atoms with Crippen LogP contribution in [-0.2, 0) is 4.79 Å². The first-order chi connectivity index (χ1) is 8.02. The topological polar surface area (TPSA) is 61.4 Å². The van der Waals surface area contributed by atoms with Crippen LogP contribution in [0.3, 0.4) is 0 Å². The van der Waals surface area contributed by atoms with Crippen molar-refractivity contribution in [1.29, 1.82) is 0 Å². The van der Waals surface area contributed by atoms with E-state index in [9.17, 15) is 9.90 Å². The molecule has 1 aliphatic heterocycles. The Labute approximate surface area is 104 Å². The van der Waals surface area contributed by atoms with Crippen molar-refractivity contribution in [2.24, 2.45) is 5.41 Å². The van der Waals surface area contributed by atoms with E-state index in [-0.39, 0.29) is 17.9 Å². The number of aliphatic hydroxyl groups is 1. The number of carbonyl (C=O) groups is 1. The molecule has 2 unspecified atom stereocenters. The molecule has 0 bridgehead atoms. The molecule has 2 atom stereocenters. The highest BCUT2D eigenvalue weighted by atomic mass is 16.3. The SMILES string of the molecule is CCC(C)(CO)NC(=O)C1(CC)CCCNC1. The molecule has 100 valence electrons. The Hall–Kier alpha value is -0.610. The average molecular weight is 242 g/mol. The predicted molar refractivity (Wildman–Crippen MR) is 68.8 cm³/mol. The number of carbonyl (C=O) groups excluding carboxylic acids is 1. The third-order valence-electron chi connectivity index (χ3n) is 4.18. The fraction of sp³-hybridized carbons (Fsp3) is 0.923. The van der Waals surface area contributed by atoms with Crippen molar-refractivity contribution in [3.8, 4) is 0 Å². The van der Waals surface area contributed by atoms with Crippen LogP contribution in [0.2, 0.25) is 0 Å². The molecule has 0 saturated carbocycles. The second-order valence-electron chi connectivity index (χ2n) is 5.44. The maximum Gasteiger partial charge on any atom is 0.227 e. The second kappa shape index (κ2) is 5.83. The molecule has 1 rings (SSSR count). The van der Waals surface area contributed by atoms with Crippen molar-refractivity contribution in [1.82, 2.24) is 10.6 Å². The minimum absolute atomic E-state index is 0.0114. The summed E-state index contributed by atoms with van der Waals surface area (Å²) in [7, 11) is 0. The molecule has 1 saturated heterocycles. The molecule has 0 aromatic rings. The Morgan fingerprint density at radius 1 is 1.53 bits per heavy atom. The largest absolute Gasteiger partial charge is 0.394 e. The highest BCUT2D eigenvalue weighted by Crippen LogP contribution is 2.31. The summed E-state index contributed by atoms with van der Waals surface area (Å²) in [5.74, 6) is 0.0885. The van der Waals surface area contributed by atoms with E-state index < -0.39 is 5.54 Å². The summed E-state index contributed by atoms with van der Waals surface area (Å²) in [6, 6.07) is 0. The Kier molecular flexibility index (Phi) is 4.95. The summed E-state index contributed by atoms with van der Waals surface area (Å²) < 4.78 is 0. The molecule has 1 fully saturated rings. The molecule has 4 heteroatoms. The monoisotopic (exact) mass is 242 g/mol. The van der Waals surface area contributed by atoms with E-state index in [2.05, 4.69) is 17.6 Å². The van der Waals surface area contributed by atoms with Crippen molar-refractivity contribution in [2.75, 3.05) is 19.7 Å². The Balaban J connectivity index is 2.72. The van der Waals surface area contributed by atoms with Gasteiger partial charge in [-0.3, -0.25) is 4.79 Å². The number of hydrogen-bond acceptors (Lipinski definition) is 3. The fourth-order valence-corrected chi connectivity index (χ4v) is 2.27. The normalized spacial score (nSPS) is 28.5. The molecule has 0 aromatic carbocycles. The number of amides is 1. The lowest BCUT2D eigenvalue weighted by molar-refractivity contribution is -0.134. The van der Waals surface area contributed by atoms with Crippen molar-refractivity contribution in [3.05, 3.63) is 0 Å². The summed E-state index contributed by atoms with van der Waals surface area (Å²) in [6.07, 6.45) is 3.57. The van der Waals surface area contributed by atoms with E-state index in [0.717, 1.165) is 38.8 Å². The van der Waals surface area contributed by atoms with Gasteiger partial charge in [-0.1, -0.05) is 13.8 Å². The molecule has 17 heavy (non-hydrogen) atoms. The van der Waals surface area contributed by atoms with Gasteiger partial charge in [-0.25, -0.2) is 0 Å².